The molecule has 0 aliphatic rings. The molecule has 2 N–H and O–H groups in total. The number of nitrogens with zero attached hydrogens (tertiary/aromatic N) is 1. The van der Waals surface area contributed by atoms with E-state index in [-0.39, 0.29) is 17.2 Å². The summed E-state index contributed by atoms with van der Waals surface area (Å²) in [5, 5.41) is 12.7. The predicted molar refractivity (Wildman–Crippen MR) is 98.1 cm³/mol. The van der Waals surface area contributed by atoms with Crippen molar-refractivity contribution < 1.29 is 19.4 Å². The maximum absolute atomic E-state index is 12.3. The quantitative estimate of drug-likeness (QED) is 0.722. The van der Waals surface area contributed by atoms with Gasteiger partial charge < -0.3 is 19.9 Å². The third-order valence-electron chi connectivity index (χ3n) is 3.69. The first-order chi connectivity index (χ1) is 12.6. The lowest BCUT2D eigenvalue weighted by Gasteiger charge is -2.10. The van der Waals surface area contributed by atoms with Crippen LogP contribution in [0.25, 0.3) is 0 Å². The Morgan fingerprint density at radius 2 is 1.62 bits per heavy atom. The van der Waals surface area contributed by atoms with Gasteiger partial charge in [0, 0.05) is 18.0 Å². The molecule has 1 amide bonds. The number of carbonyl (C=O) groups is 1. The van der Waals surface area contributed by atoms with Gasteiger partial charge in [-0.3, -0.25) is 4.79 Å². The van der Waals surface area contributed by atoms with Crippen LogP contribution in [0.4, 0.5) is 5.69 Å². The number of ether oxygens (including phenoxy) is 2. The fourth-order valence-corrected chi connectivity index (χ4v) is 2.31. The zero-order chi connectivity index (χ0) is 18.5. The molecule has 0 fully saturated rings. The van der Waals surface area contributed by atoms with Crippen LogP contribution in [0.15, 0.2) is 60.8 Å². The van der Waals surface area contributed by atoms with Crippen molar-refractivity contribution in [2.45, 2.75) is 6.92 Å². The number of methoxy groups -OCH3 is 1. The van der Waals surface area contributed by atoms with Crippen LogP contribution in [0, 0.1) is 6.92 Å². The second-order valence-corrected chi connectivity index (χ2v) is 5.60. The molecule has 26 heavy (non-hydrogen) atoms. The number of pyridine rings is 1. The van der Waals surface area contributed by atoms with Gasteiger partial charge in [0.05, 0.1) is 7.11 Å². The van der Waals surface area contributed by atoms with E-state index in [9.17, 15) is 9.90 Å². The van der Waals surface area contributed by atoms with E-state index in [1.807, 2.05) is 31.2 Å². The molecule has 0 bridgehead atoms. The minimum absolute atomic E-state index is 0.107. The van der Waals surface area contributed by atoms with Crippen molar-refractivity contribution in [3.8, 4) is 23.0 Å². The van der Waals surface area contributed by atoms with Crippen molar-refractivity contribution >= 4 is 11.6 Å². The number of aromatic hydroxyl groups is 1. The Hall–Kier alpha value is -3.54. The summed E-state index contributed by atoms with van der Waals surface area (Å²) in [5.41, 5.74) is 1.60. The Labute approximate surface area is 151 Å². The lowest BCUT2D eigenvalue weighted by Crippen LogP contribution is -2.14. The average Bonchev–Trinajstić information content (AvgIpc) is 2.65. The molecule has 3 rings (SSSR count). The van der Waals surface area contributed by atoms with E-state index < -0.39 is 5.91 Å². The molecular weight excluding hydrogens is 332 g/mol. The summed E-state index contributed by atoms with van der Waals surface area (Å²) >= 11 is 0. The summed E-state index contributed by atoms with van der Waals surface area (Å²) < 4.78 is 10.7. The molecule has 2 aromatic carbocycles. The minimum Gasteiger partial charge on any atom is -0.503 e. The highest BCUT2D eigenvalue weighted by atomic mass is 16.5. The normalized spacial score (nSPS) is 10.2. The first kappa shape index (κ1) is 17.3. The van der Waals surface area contributed by atoms with E-state index in [0.717, 1.165) is 11.3 Å². The third kappa shape index (κ3) is 3.92. The summed E-state index contributed by atoms with van der Waals surface area (Å²) in [6.07, 6.45) is 1.39. The Kier molecular flexibility index (Phi) is 5.03. The van der Waals surface area contributed by atoms with Gasteiger partial charge in [-0.25, -0.2) is 4.98 Å². The number of carbonyl (C=O) groups excluding carboxylic acids is 1. The molecular formula is C20H18N2O4. The van der Waals surface area contributed by atoms with Crippen molar-refractivity contribution in [1.29, 1.82) is 0 Å². The van der Waals surface area contributed by atoms with Crippen molar-refractivity contribution in [1.82, 2.24) is 4.98 Å². The topological polar surface area (TPSA) is 80.7 Å². The molecule has 1 heterocycles. The highest BCUT2D eigenvalue weighted by molar-refractivity contribution is 6.05. The Bertz CT molecular complexity index is 906. The fourth-order valence-electron chi connectivity index (χ4n) is 2.31. The molecule has 132 valence electrons. The van der Waals surface area contributed by atoms with Crippen LogP contribution in [0.1, 0.15) is 16.1 Å². The van der Waals surface area contributed by atoms with E-state index in [2.05, 4.69) is 10.3 Å². The van der Waals surface area contributed by atoms with Crippen LogP contribution in [0.2, 0.25) is 0 Å². The van der Waals surface area contributed by atoms with Gasteiger partial charge in [-0.2, -0.15) is 0 Å². The molecule has 0 atom stereocenters. The average molecular weight is 350 g/mol. The summed E-state index contributed by atoms with van der Waals surface area (Å²) in [6, 6.07) is 16.1. The number of hydrogen-bond donors (Lipinski definition) is 2. The second kappa shape index (κ2) is 7.57. The number of amides is 1. The Morgan fingerprint density at radius 1 is 1.00 bits per heavy atom. The Balaban J connectivity index is 1.69. The number of nitrogens with one attached hydrogen (secondary N) is 1. The largest absolute Gasteiger partial charge is 0.503 e. The van der Waals surface area contributed by atoms with Gasteiger partial charge in [-0.05, 0) is 43.3 Å². The van der Waals surface area contributed by atoms with E-state index in [4.69, 9.17) is 9.47 Å². The third-order valence-corrected chi connectivity index (χ3v) is 3.69. The highest BCUT2D eigenvalue weighted by Crippen LogP contribution is 2.28. The zero-order valence-electron chi connectivity index (χ0n) is 14.4. The molecule has 0 spiro atoms. The van der Waals surface area contributed by atoms with Gasteiger partial charge in [0.25, 0.3) is 5.91 Å². The number of aromatic nitrogens is 1. The maximum Gasteiger partial charge on any atom is 0.278 e. The van der Waals surface area contributed by atoms with E-state index in [0.29, 0.717) is 11.4 Å². The van der Waals surface area contributed by atoms with Crippen LogP contribution in [-0.2, 0) is 0 Å². The molecule has 0 radical (unpaired) electrons. The summed E-state index contributed by atoms with van der Waals surface area (Å²) in [6.45, 7) is 2.01. The molecule has 6 heteroatoms. The summed E-state index contributed by atoms with van der Waals surface area (Å²) in [5.74, 6) is 0.736. The fraction of sp³-hybridized carbons (Fsp3) is 0.100. The van der Waals surface area contributed by atoms with E-state index >= 15 is 0 Å². The second-order valence-electron chi connectivity index (χ2n) is 5.60. The minimum atomic E-state index is -0.534. The van der Waals surface area contributed by atoms with Crippen molar-refractivity contribution in [2.75, 3.05) is 12.4 Å². The standard InChI is InChI=1S/C20H18N2O4/c1-13-3-7-15(8-4-13)26-16-9-5-14(6-10-16)22-20(24)18-19(23)17(25-2)11-12-21-18/h3-12,23H,1-2H3,(H,22,24). The number of rotatable bonds is 5. The van der Waals surface area contributed by atoms with Gasteiger partial charge in [-0.15, -0.1) is 0 Å². The smallest absolute Gasteiger partial charge is 0.278 e. The monoisotopic (exact) mass is 350 g/mol. The maximum atomic E-state index is 12.3. The van der Waals surface area contributed by atoms with Crippen LogP contribution >= 0.6 is 0 Å². The zero-order valence-corrected chi connectivity index (χ0v) is 14.4. The van der Waals surface area contributed by atoms with Crippen LogP contribution < -0.4 is 14.8 Å². The Morgan fingerprint density at radius 3 is 2.23 bits per heavy atom. The van der Waals surface area contributed by atoms with Gasteiger partial charge in [0.2, 0.25) is 0 Å². The molecule has 0 unspecified atom stereocenters. The summed E-state index contributed by atoms with van der Waals surface area (Å²) in [4.78, 5) is 16.2. The highest BCUT2D eigenvalue weighted by Gasteiger charge is 2.16. The lowest BCUT2D eigenvalue weighted by molar-refractivity contribution is 0.101. The molecule has 0 saturated carbocycles. The van der Waals surface area contributed by atoms with E-state index in [1.165, 1.54) is 19.4 Å². The van der Waals surface area contributed by atoms with Gasteiger partial charge in [0.15, 0.2) is 17.2 Å². The molecule has 0 aliphatic carbocycles. The molecule has 0 aliphatic heterocycles. The van der Waals surface area contributed by atoms with Crippen LogP contribution in [0.3, 0.4) is 0 Å². The van der Waals surface area contributed by atoms with Gasteiger partial charge in [0.1, 0.15) is 11.5 Å². The first-order valence-electron chi connectivity index (χ1n) is 7.94. The SMILES string of the molecule is COc1ccnc(C(=O)Nc2ccc(Oc3ccc(C)cc3)cc2)c1O. The van der Waals surface area contributed by atoms with Crippen molar-refractivity contribution in [3.63, 3.8) is 0 Å². The molecule has 0 saturated heterocycles. The number of aryl methyl sites for hydroxylation is 1. The summed E-state index contributed by atoms with van der Waals surface area (Å²) in [7, 11) is 1.41. The van der Waals surface area contributed by atoms with Crippen molar-refractivity contribution in [3.05, 3.63) is 72.1 Å². The first-order valence-corrected chi connectivity index (χ1v) is 7.94. The van der Waals surface area contributed by atoms with E-state index in [1.54, 1.807) is 24.3 Å². The number of hydrogen-bond acceptors (Lipinski definition) is 5. The predicted octanol–water partition coefficient (Wildman–Crippen LogP) is 4.15. The van der Waals surface area contributed by atoms with Gasteiger partial charge >= 0.3 is 0 Å². The number of benzene rings is 2. The lowest BCUT2D eigenvalue weighted by atomic mass is 10.2. The molecule has 6 nitrogen and oxygen atoms in total. The van der Waals surface area contributed by atoms with Crippen LogP contribution in [0.5, 0.6) is 23.0 Å². The number of anilines is 1. The van der Waals surface area contributed by atoms with Gasteiger partial charge in [-0.1, -0.05) is 17.7 Å². The molecule has 3 aromatic rings. The molecule has 1 aromatic heterocycles. The van der Waals surface area contributed by atoms with Crippen molar-refractivity contribution in [2.24, 2.45) is 0 Å². The van der Waals surface area contributed by atoms with Crippen LogP contribution in [-0.4, -0.2) is 23.1 Å².